The van der Waals surface area contributed by atoms with Gasteiger partial charge in [-0.25, -0.2) is 9.37 Å². The number of methoxy groups -OCH3 is 2. The molecule has 2 aliphatic heterocycles. The predicted octanol–water partition coefficient (Wildman–Crippen LogP) is 4.07. The zero-order chi connectivity index (χ0) is 29.3. The number of carbonyl (C=O) groups is 2. The second-order valence-electron chi connectivity index (χ2n) is 9.77. The largest absolute Gasteiger partial charge is 0.495 e. The molecule has 3 heterocycles. The van der Waals surface area contributed by atoms with Gasteiger partial charge in [0.1, 0.15) is 22.3 Å². The Morgan fingerprint density at radius 2 is 2.05 bits per heavy atom. The van der Waals surface area contributed by atoms with Crippen molar-refractivity contribution in [2.24, 2.45) is 0 Å². The van der Waals surface area contributed by atoms with Crippen LogP contribution in [0.4, 0.5) is 16.0 Å². The van der Waals surface area contributed by atoms with E-state index >= 15 is 4.39 Å². The number of nitrogens with one attached hydrogen (secondary N) is 3. The Morgan fingerprint density at radius 3 is 2.80 bits per heavy atom. The second-order valence-corrected chi connectivity index (χ2v) is 10.2. The van der Waals surface area contributed by atoms with Crippen LogP contribution >= 0.6 is 11.6 Å². The molecule has 3 aromatic rings. The van der Waals surface area contributed by atoms with Crippen molar-refractivity contribution in [3.05, 3.63) is 64.1 Å². The van der Waals surface area contributed by atoms with Crippen LogP contribution in [0.2, 0.25) is 5.02 Å². The minimum atomic E-state index is -0.768. The Kier molecular flexibility index (Phi) is 8.25. The molecule has 0 bridgehead atoms. The molecule has 0 spiro atoms. The first-order valence-corrected chi connectivity index (χ1v) is 13.4. The minimum Gasteiger partial charge on any atom is -0.495 e. The van der Waals surface area contributed by atoms with Crippen molar-refractivity contribution in [2.75, 3.05) is 39.7 Å². The molecule has 5 rings (SSSR count). The van der Waals surface area contributed by atoms with Crippen LogP contribution in [-0.4, -0.2) is 73.2 Å². The number of nitrogens with zero attached hydrogens (tertiary/aromatic N) is 3. The van der Waals surface area contributed by atoms with E-state index in [0.717, 1.165) is 11.6 Å². The molecule has 1 fully saturated rings. The normalized spacial score (nSPS) is 20.0. The van der Waals surface area contributed by atoms with Gasteiger partial charge >= 0.3 is 0 Å². The molecule has 41 heavy (non-hydrogen) atoms. The molecule has 0 unspecified atom stereocenters. The summed E-state index contributed by atoms with van der Waals surface area (Å²) < 4.78 is 32.0. The van der Waals surface area contributed by atoms with E-state index in [9.17, 15) is 9.59 Å². The standard InChI is InChI=1S/C28H30ClFN6O5/c1-14-15-6-5-7-21(24(15)27(38)36(14)2)41-26-17(29)12-32-28(35-26)34-20-11-18(30)16(10-22(20)39-3)25(37)33-19-8-9-31-13-23(19)40-4/h5-7,10-12,14,19,23,31H,8-9,13H2,1-4H3,(H,33,37)(H,32,34,35)/t14-,19+,23-/m0/s1. The van der Waals surface area contributed by atoms with Gasteiger partial charge in [-0.15, -0.1) is 0 Å². The molecule has 0 radical (unpaired) electrons. The number of halogens is 2. The molecule has 1 aromatic heterocycles. The molecule has 11 nitrogen and oxygen atoms in total. The van der Waals surface area contributed by atoms with E-state index in [-0.39, 0.29) is 57.9 Å². The van der Waals surface area contributed by atoms with Crippen LogP contribution in [0, 0.1) is 5.82 Å². The van der Waals surface area contributed by atoms with E-state index in [1.165, 1.54) is 19.4 Å². The van der Waals surface area contributed by atoms with Gasteiger partial charge in [0.25, 0.3) is 11.8 Å². The number of ether oxygens (including phenoxy) is 3. The SMILES string of the molecule is COc1cc(C(=O)N[C@@H]2CCNC[C@@H]2OC)c(F)cc1Nc1ncc(Cl)c(Oc2cccc3c2C(=O)N(C)[C@H]3C)n1. The van der Waals surface area contributed by atoms with Crippen molar-refractivity contribution in [3.8, 4) is 17.4 Å². The van der Waals surface area contributed by atoms with Crippen LogP contribution < -0.4 is 25.4 Å². The summed E-state index contributed by atoms with van der Waals surface area (Å²) in [5.41, 5.74) is 1.27. The second kappa shape index (κ2) is 11.9. The van der Waals surface area contributed by atoms with Gasteiger partial charge in [-0.2, -0.15) is 4.98 Å². The van der Waals surface area contributed by atoms with Gasteiger partial charge in [0.2, 0.25) is 11.8 Å². The predicted molar refractivity (Wildman–Crippen MR) is 150 cm³/mol. The lowest BCUT2D eigenvalue weighted by Crippen LogP contribution is -2.53. The van der Waals surface area contributed by atoms with E-state index in [0.29, 0.717) is 30.8 Å². The summed E-state index contributed by atoms with van der Waals surface area (Å²) in [6.07, 6.45) is 1.75. The minimum absolute atomic E-state index is 0.00215. The zero-order valence-electron chi connectivity index (χ0n) is 23.0. The van der Waals surface area contributed by atoms with Crippen LogP contribution in [-0.2, 0) is 4.74 Å². The molecule has 216 valence electrons. The Bertz CT molecular complexity index is 1490. The maximum absolute atomic E-state index is 15.2. The van der Waals surface area contributed by atoms with Gasteiger partial charge in [-0.1, -0.05) is 23.7 Å². The first-order valence-electron chi connectivity index (χ1n) is 13.0. The number of hydrogen-bond donors (Lipinski definition) is 3. The van der Waals surface area contributed by atoms with E-state index in [1.54, 1.807) is 31.2 Å². The van der Waals surface area contributed by atoms with Crippen LogP contribution in [0.5, 0.6) is 17.4 Å². The van der Waals surface area contributed by atoms with Crippen molar-refractivity contribution >= 4 is 35.1 Å². The topological polar surface area (TPSA) is 127 Å². The summed E-state index contributed by atoms with van der Waals surface area (Å²) in [5.74, 6) is -0.999. The third-order valence-corrected chi connectivity index (χ3v) is 7.63. The van der Waals surface area contributed by atoms with E-state index < -0.39 is 11.7 Å². The van der Waals surface area contributed by atoms with Gasteiger partial charge in [-0.05, 0) is 37.6 Å². The summed E-state index contributed by atoms with van der Waals surface area (Å²) in [5, 5.41) is 9.06. The number of rotatable bonds is 8. The highest BCUT2D eigenvalue weighted by molar-refractivity contribution is 6.31. The van der Waals surface area contributed by atoms with Crippen molar-refractivity contribution in [3.63, 3.8) is 0 Å². The smallest absolute Gasteiger partial charge is 0.258 e. The number of aromatic nitrogens is 2. The van der Waals surface area contributed by atoms with E-state index in [1.807, 2.05) is 13.0 Å². The van der Waals surface area contributed by atoms with Gasteiger partial charge in [0.15, 0.2) is 0 Å². The lowest BCUT2D eigenvalue weighted by Gasteiger charge is -2.31. The number of anilines is 2. The fourth-order valence-corrected chi connectivity index (χ4v) is 5.09. The molecular formula is C28H30ClFN6O5. The highest BCUT2D eigenvalue weighted by Gasteiger charge is 2.34. The van der Waals surface area contributed by atoms with Crippen molar-refractivity contribution in [2.45, 2.75) is 31.5 Å². The summed E-state index contributed by atoms with van der Waals surface area (Å²) in [7, 11) is 4.69. The third-order valence-electron chi connectivity index (χ3n) is 7.37. The summed E-state index contributed by atoms with van der Waals surface area (Å²) in [6, 6.07) is 7.39. The van der Waals surface area contributed by atoms with Crippen LogP contribution in [0.3, 0.4) is 0 Å². The number of carbonyl (C=O) groups excluding carboxylic acids is 2. The van der Waals surface area contributed by atoms with Gasteiger partial charge in [0, 0.05) is 26.8 Å². The Labute approximate surface area is 241 Å². The van der Waals surface area contributed by atoms with E-state index in [4.69, 9.17) is 25.8 Å². The first kappa shape index (κ1) is 28.5. The quantitative estimate of drug-likeness (QED) is 0.359. The van der Waals surface area contributed by atoms with Crippen LogP contribution in [0.1, 0.15) is 45.7 Å². The van der Waals surface area contributed by atoms with Gasteiger partial charge in [0.05, 0.1) is 48.3 Å². The van der Waals surface area contributed by atoms with Crippen molar-refractivity contribution < 1.29 is 28.2 Å². The Morgan fingerprint density at radius 1 is 1.24 bits per heavy atom. The lowest BCUT2D eigenvalue weighted by molar-refractivity contribution is 0.0475. The maximum atomic E-state index is 15.2. The maximum Gasteiger partial charge on any atom is 0.258 e. The summed E-state index contributed by atoms with van der Waals surface area (Å²) >= 11 is 6.32. The molecule has 1 saturated heterocycles. The molecule has 13 heteroatoms. The van der Waals surface area contributed by atoms with Crippen molar-refractivity contribution in [1.29, 1.82) is 0 Å². The molecule has 3 N–H and O–H groups in total. The molecule has 3 atom stereocenters. The van der Waals surface area contributed by atoms with E-state index in [2.05, 4.69) is 25.9 Å². The highest BCUT2D eigenvalue weighted by Crippen LogP contribution is 2.40. The van der Waals surface area contributed by atoms with Crippen LogP contribution in [0.25, 0.3) is 0 Å². The zero-order valence-corrected chi connectivity index (χ0v) is 23.7. The lowest BCUT2D eigenvalue weighted by atomic mass is 10.0. The first-order chi connectivity index (χ1) is 19.7. The molecule has 2 aromatic carbocycles. The number of fused-ring (bicyclic) bond motifs is 1. The monoisotopic (exact) mass is 584 g/mol. The Hall–Kier alpha value is -4.00. The summed E-state index contributed by atoms with van der Waals surface area (Å²) in [4.78, 5) is 35.9. The number of amides is 2. The highest BCUT2D eigenvalue weighted by atomic mass is 35.5. The average molecular weight is 585 g/mol. The molecule has 0 aliphatic carbocycles. The number of piperidine rings is 1. The fraction of sp³-hybridized carbons (Fsp3) is 0.357. The molecule has 2 amide bonds. The van der Waals surface area contributed by atoms with Crippen molar-refractivity contribution in [1.82, 2.24) is 25.5 Å². The number of benzene rings is 2. The number of hydrogen-bond acceptors (Lipinski definition) is 9. The van der Waals surface area contributed by atoms with Gasteiger partial charge in [-0.3, -0.25) is 9.59 Å². The van der Waals surface area contributed by atoms with Crippen LogP contribution in [0.15, 0.2) is 36.5 Å². The third kappa shape index (κ3) is 5.63. The average Bonchev–Trinajstić information content (AvgIpc) is 3.19. The fourth-order valence-electron chi connectivity index (χ4n) is 4.96. The Balaban J connectivity index is 1.37. The molecule has 2 aliphatic rings. The molecular weight excluding hydrogens is 555 g/mol. The van der Waals surface area contributed by atoms with Gasteiger partial charge < -0.3 is 35.1 Å². The summed E-state index contributed by atoms with van der Waals surface area (Å²) in [6.45, 7) is 3.23. The molecule has 0 saturated carbocycles.